The lowest BCUT2D eigenvalue weighted by Crippen LogP contribution is -2.38. The summed E-state index contributed by atoms with van der Waals surface area (Å²) in [6, 6.07) is 12.9. The summed E-state index contributed by atoms with van der Waals surface area (Å²) in [7, 11) is 0. The number of nitrogens with zero attached hydrogens (tertiary/aromatic N) is 5. The average molecular weight is 477 g/mol. The van der Waals surface area contributed by atoms with Crippen molar-refractivity contribution in [3.63, 3.8) is 0 Å². The number of hydrogen-bond donors (Lipinski definition) is 0. The molecule has 1 aromatic heterocycles. The van der Waals surface area contributed by atoms with E-state index in [1.807, 2.05) is 0 Å². The van der Waals surface area contributed by atoms with E-state index in [4.69, 9.17) is 0 Å². The molecule has 176 valence electrons. The highest BCUT2D eigenvalue weighted by Crippen LogP contribution is 2.42. The van der Waals surface area contributed by atoms with Gasteiger partial charge < -0.3 is 14.4 Å². The maximum atomic E-state index is 13.4. The van der Waals surface area contributed by atoms with Crippen LogP contribution in [0.4, 0.5) is 14.5 Å². The molecular weight excluding hydrogens is 460 g/mol. The number of ether oxygens (including phenoxy) is 2. The van der Waals surface area contributed by atoms with Gasteiger partial charge in [0.05, 0.1) is 23.7 Å². The summed E-state index contributed by atoms with van der Waals surface area (Å²) in [6.45, 7) is 1.68. The quantitative estimate of drug-likeness (QED) is 0.559. The number of aliphatic imine (C=N–C) groups is 1. The second-order valence-electron chi connectivity index (χ2n) is 7.80. The Morgan fingerprint density at radius 3 is 2.80 bits per heavy atom. The first kappa shape index (κ1) is 22.2. The standard InChI is InChI=1S/C24H17F2N5O4/c1-2-30(16-6-7-19-20(9-16)35-24(25,26)34-19)21(32)13-31-23(33)18-12-28-11-17(18)22(29-31)15-5-3-4-14(8-15)10-27/h3-9,11H,2,12-13H2,1H3. The Morgan fingerprint density at radius 2 is 2.03 bits per heavy atom. The fraction of sp³-hybridized carbons (Fsp3) is 0.208. The molecule has 1 amide bonds. The second kappa shape index (κ2) is 8.32. The number of aromatic nitrogens is 2. The first-order chi connectivity index (χ1) is 16.8. The predicted molar refractivity (Wildman–Crippen MR) is 121 cm³/mol. The van der Waals surface area contributed by atoms with E-state index in [0.717, 1.165) is 4.68 Å². The molecule has 2 aromatic carbocycles. The number of halogens is 2. The average Bonchev–Trinajstić information content (AvgIpc) is 3.44. The van der Waals surface area contributed by atoms with Crippen molar-refractivity contribution in [3.05, 3.63) is 69.5 Å². The molecule has 0 saturated carbocycles. The third-order valence-corrected chi connectivity index (χ3v) is 5.63. The van der Waals surface area contributed by atoms with E-state index < -0.39 is 24.3 Å². The van der Waals surface area contributed by atoms with E-state index in [1.165, 1.54) is 23.1 Å². The Labute approximate surface area is 197 Å². The van der Waals surface area contributed by atoms with Gasteiger partial charge in [-0.25, -0.2) is 4.68 Å². The van der Waals surface area contributed by atoms with E-state index in [0.29, 0.717) is 33.6 Å². The first-order valence-corrected chi connectivity index (χ1v) is 10.6. The van der Waals surface area contributed by atoms with Crippen LogP contribution in [0, 0.1) is 11.3 Å². The third-order valence-electron chi connectivity index (χ3n) is 5.63. The minimum absolute atomic E-state index is 0.136. The van der Waals surface area contributed by atoms with Crippen molar-refractivity contribution >= 4 is 17.8 Å². The van der Waals surface area contributed by atoms with Crippen molar-refractivity contribution in [1.29, 1.82) is 5.26 Å². The third kappa shape index (κ3) is 3.99. The number of fused-ring (bicyclic) bond motifs is 2. The lowest BCUT2D eigenvalue weighted by atomic mass is 10.0. The van der Waals surface area contributed by atoms with E-state index in [1.54, 1.807) is 37.4 Å². The Kier molecular flexibility index (Phi) is 5.28. The van der Waals surface area contributed by atoms with Gasteiger partial charge in [-0.2, -0.15) is 10.4 Å². The Bertz CT molecular complexity index is 1490. The Morgan fingerprint density at radius 1 is 1.23 bits per heavy atom. The zero-order valence-electron chi connectivity index (χ0n) is 18.4. The summed E-state index contributed by atoms with van der Waals surface area (Å²) in [5.74, 6) is -0.810. The summed E-state index contributed by atoms with van der Waals surface area (Å²) < 4.78 is 36.7. The van der Waals surface area contributed by atoms with Gasteiger partial charge in [0.15, 0.2) is 11.5 Å². The van der Waals surface area contributed by atoms with Gasteiger partial charge in [0.1, 0.15) is 12.2 Å². The van der Waals surface area contributed by atoms with E-state index in [2.05, 4.69) is 25.6 Å². The van der Waals surface area contributed by atoms with Crippen LogP contribution in [-0.2, 0) is 17.9 Å². The summed E-state index contributed by atoms with van der Waals surface area (Å²) in [4.78, 5) is 31.8. The van der Waals surface area contributed by atoms with E-state index in [-0.39, 0.29) is 24.6 Å². The van der Waals surface area contributed by atoms with Crippen LogP contribution in [0.5, 0.6) is 11.5 Å². The smallest absolute Gasteiger partial charge is 0.395 e. The number of amides is 1. The number of rotatable bonds is 5. The molecule has 3 aromatic rings. The fourth-order valence-corrected chi connectivity index (χ4v) is 4.03. The summed E-state index contributed by atoms with van der Waals surface area (Å²) in [5.41, 5.74) is 2.27. The number of benzene rings is 2. The number of nitriles is 1. The number of likely N-dealkylation sites (N-methyl/N-ethyl adjacent to an activating group) is 1. The van der Waals surface area contributed by atoms with Gasteiger partial charge in [-0.1, -0.05) is 12.1 Å². The van der Waals surface area contributed by atoms with Crippen molar-refractivity contribution in [2.24, 2.45) is 4.99 Å². The van der Waals surface area contributed by atoms with Gasteiger partial charge >= 0.3 is 6.29 Å². The number of hydrogen-bond acceptors (Lipinski definition) is 7. The maximum absolute atomic E-state index is 13.4. The molecule has 2 aliphatic heterocycles. The highest BCUT2D eigenvalue weighted by atomic mass is 19.3. The van der Waals surface area contributed by atoms with E-state index in [9.17, 15) is 23.6 Å². The first-order valence-electron chi connectivity index (χ1n) is 10.6. The molecule has 0 spiro atoms. The fourth-order valence-electron chi connectivity index (χ4n) is 4.03. The van der Waals surface area contributed by atoms with Gasteiger partial charge in [0.25, 0.3) is 5.56 Å². The summed E-state index contributed by atoms with van der Waals surface area (Å²) in [5, 5.41) is 13.7. The molecule has 0 N–H and O–H groups in total. The summed E-state index contributed by atoms with van der Waals surface area (Å²) in [6.07, 6.45) is -2.21. The second-order valence-corrected chi connectivity index (χ2v) is 7.80. The minimum Gasteiger partial charge on any atom is -0.395 e. The molecule has 3 heterocycles. The van der Waals surface area contributed by atoms with Crippen molar-refractivity contribution < 1.29 is 23.0 Å². The zero-order chi connectivity index (χ0) is 24.7. The molecular formula is C24H17F2N5O4. The monoisotopic (exact) mass is 477 g/mol. The molecule has 0 fully saturated rings. The number of carbonyl (C=O) groups is 1. The predicted octanol–water partition coefficient (Wildman–Crippen LogP) is 3.09. The van der Waals surface area contributed by atoms with E-state index >= 15 is 0 Å². The molecule has 35 heavy (non-hydrogen) atoms. The maximum Gasteiger partial charge on any atom is 0.586 e. The van der Waals surface area contributed by atoms with Crippen LogP contribution in [0.15, 0.2) is 52.3 Å². The van der Waals surface area contributed by atoms with Gasteiger partial charge in [-0.15, -0.1) is 8.78 Å². The van der Waals surface area contributed by atoms with Gasteiger partial charge in [-0.3, -0.25) is 14.6 Å². The number of anilines is 1. The van der Waals surface area contributed by atoms with Crippen LogP contribution in [0.25, 0.3) is 11.3 Å². The molecule has 9 nitrogen and oxygen atoms in total. The molecule has 0 aliphatic carbocycles. The molecule has 2 aliphatic rings. The van der Waals surface area contributed by atoms with Crippen LogP contribution in [0.3, 0.4) is 0 Å². The molecule has 0 saturated heterocycles. The van der Waals surface area contributed by atoms with Crippen LogP contribution in [0.1, 0.15) is 23.6 Å². The summed E-state index contributed by atoms with van der Waals surface area (Å²) >= 11 is 0. The number of alkyl halides is 2. The highest BCUT2D eigenvalue weighted by Gasteiger charge is 2.43. The van der Waals surface area contributed by atoms with Crippen LogP contribution in [-0.4, -0.2) is 34.7 Å². The van der Waals surface area contributed by atoms with Crippen LogP contribution >= 0.6 is 0 Å². The lowest BCUT2D eigenvalue weighted by molar-refractivity contribution is -0.286. The zero-order valence-corrected chi connectivity index (χ0v) is 18.4. The number of carbonyl (C=O) groups excluding carboxylic acids is 1. The molecule has 0 atom stereocenters. The van der Waals surface area contributed by atoms with Crippen molar-refractivity contribution in [3.8, 4) is 28.8 Å². The van der Waals surface area contributed by atoms with Crippen LogP contribution in [0.2, 0.25) is 0 Å². The lowest BCUT2D eigenvalue weighted by Gasteiger charge is -2.22. The minimum atomic E-state index is -3.77. The Balaban J connectivity index is 1.49. The van der Waals surface area contributed by atoms with Gasteiger partial charge in [-0.05, 0) is 31.2 Å². The topological polar surface area (TPSA) is 110 Å². The molecule has 0 radical (unpaired) electrons. The molecule has 0 bridgehead atoms. The van der Waals surface area contributed by atoms with Gasteiger partial charge in [0.2, 0.25) is 5.91 Å². The highest BCUT2D eigenvalue weighted by molar-refractivity contribution is 5.94. The normalized spacial score (nSPS) is 14.5. The molecule has 11 heteroatoms. The van der Waals surface area contributed by atoms with Crippen molar-refractivity contribution in [2.45, 2.75) is 26.3 Å². The largest absolute Gasteiger partial charge is 0.586 e. The Hall–Kier alpha value is -4.59. The van der Waals surface area contributed by atoms with Crippen LogP contribution < -0.4 is 19.9 Å². The molecule has 0 unspecified atom stereocenters. The molecule has 5 rings (SSSR count). The SMILES string of the molecule is CCN(C(=O)Cn1nc(-c2cccc(C#N)c2)c2c(c1=O)CN=C2)c1ccc2c(c1)OC(F)(F)O2. The van der Waals surface area contributed by atoms with Crippen molar-refractivity contribution in [2.75, 3.05) is 11.4 Å². The van der Waals surface area contributed by atoms with Crippen molar-refractivity contribution in [1.82, 2.24) is 9.78 Å². The van der Waals surface area contributed by atoms with Gasteiger partial charge in [0, 0.05) is 35.6 Å².